The number of hydrogen-bond acceptors (Lipinski definition) is 6. The van der Waals surface area contributed by atoms with Crippen molar-refractivity contribution >= 4 is 27.0 Å². The standard InChI is InChI=1S/C51H78O6Si2/c1-14-16-35-56-49(47(52)33-27-39(3)37-55-38-42-29-31-43(54-11)32-30-42)46(41(5)28-34-48(40(4)15-2)57-58(12,13)50(6,7)8)36-51(9,10)59(53,44-23-19-17-20-24-44)45-25-21-18-22-26-45/h15,17-32,46-49,52-53H,14,16,33-38H2,1-13H3/b39-27-,40-15-,41-28+/t46-,47?,48-,49+/m1/s1. The molecule has 6 nitrogen and oxygen atoms in total. The number of aliphatic hydroxyl groups is 1. The highest BCUT2D eigenvalue weighted by Gasteiger charge is 2.52. The van der Waals surface area contributed by atoms with Gasteiger partial charge in [-0.3, -0.25) is 0 Å². The molecule has 8 heteroatoms. The minimum Gasteiger partial charge on any atom is -0.497 e. The van der Waals surface area contributed by atoms with E-state index < -0.39 is 33.9 Å². The number of methoxy groups -OCH3 is 1. The quantitative estimate of drug-likeness (QED) is 0.0531. The summed E-state index contributed by atoms with van der Waals surface area (Å²) in [5, 5.41) is 13.7. The number of rotatable bonds is 24. The van der Waals surface area contributed by atoms with Crippen LogP contribution in [-0.4, -0.2) is 65.2 Å². The molecule has 0 bridgehead atoms. The van der Waals surface area contributed by atoms with Crippen LogP contribution in [0.5, 0.6) is 5.75 Å². The lowest BCUT2D eigenvalue weighted by Crippen LogP contribution is -2.66. The van der Waals surface area contributed by atoms with Gasteiger partial charge in [-0.05, 0) is 110 Å². The minimum atomic E-state index is -3.39. The molecule has 0 radical (unpaired) electrons. The van der Waals surface area contributed by atoms with E-state index in [-0.39, 0.29) is 17.1 Å². The van der Waals surface area contributed by atoms with Crippen LogP contribution < -0.4 is 15.1 Å². The summed E-state index contributed by atoms with van der Waals surface area (Å²) in [7, 11) is -3.81. The average molecular weight is 843 g/mol. The number of unbranched alkanes of at least 4 members (excludes halogenated alkanes) is 1. The fraction of sp³-hybridized carbons (Fsp3) is 0.529. The van der Waals surface area contributed by atoms with E-state index >= 15 is 0 Å². The Bertz CT molecular complexity index is 1720. The first kappa shape index (κ1) is 50.3. The Morgan fingerprint density at radius 1 is 0.797 bits per heavy atom. The largest absolute Gasteiger partial charge is 0.497 e. The molecule has 0 heterocycles. The van der Waals surface area contributed by atoms with Crippen LogP contribution in [0.2, 0.25) is 23.2 Å². The van der Waals surface area contributed by atoms with E-state index in [1.165, 1.54) is 5.57 Å². The highest BCUT2D eigenvalue weighted by molar-refractivity contribution is 6.98. The molecule has 0 aliphatic heterocycles. The molecule has 0 amide bonds. The molecule has 0 aliphatic rings. The third-order valence-electron chi connectivity index (χ3n) is 12.6. The third kappa shape index (κ3) is 14.2. The van der Waals surface area contributed by atoms with Crippen LogP contribution in [0, 0.1) is 5.92 Å². The van der Waals surface area contributed by atoms with Gasteiger partial charge in [0.2, 0.25) is 0 Å². The lowest BCUT2D eigenvalue weighted by molar-refractivity contribution is -0.0640. The Kier molecular flexibility index (Phi) is 19.8. The maximum absolute atomic E-state index is 13.3. The molecule has 0 saturated carbocycles. The van der Waals surface area contributed by atoms with Gasteiger partial charge in [0.1, 0.15) is 5.75 Å². The van der Waals surface area contributed by atoms with Crippen molar-refractivity contribution < 1.29 is 28.5 Å². The zero-order valence-corrected chi connectivity index (χ0v) is 40.8. The zero-order valence-electron chi connectivity index (χ0n) is 38.8. The Morgan fingerprint density at radius 2 is 1.37 bits per heavy atom. The predicted octanol–water partition coefficient (Wildman–Crippen LogP) is 11.3. The average Bonchev–Trinajstić information content (AvgIpc) is 3.22. The SMILES string of the molecule is C/C=C(/C)[C@@H](C/C=C(\C)[C@@H](CC(C)(C)[Si](O)(c1ccccc1)c1ccccc1)[C@H](OCCCC)C(O)C/C=C(/C)COCc1ccc(OC)cc1)O[Si](C)(C)C(C)(C)C. The van der Waals surface area contributed by atoms with Crippen LogP contribution in [0.3, 0.4) is 0 Å². The van der Waals surface area contributed by atoms with Crippen molar-refractivity contribution in [3.8, 4) is 5.75 Å². The summed E-state index contributed by atoms with van der Waals surface area (Å²) in [6, 6.07) is 28.3. The molecule has 0 aliphatic carbocycles. The molecule has 1 unspecified atom stereocenters. The highest BCUT2D eigenvalue weighted by atomic mass is 28.4. The molecular weight excluding hydrogens is 765 g/mol. The van der Waals surface area contributed by atoms with Gasteiger partial charge in [-0.1, -0.05) is 150 Å². The molecule has 0 aromatic heterocycles. The van der Waals surface area contributed by atoms with Gasteiger partial charge >= 0.3 is 0 Å². The van der Waals surface area contributed by atoms with E-state index in [0.717, 1.165) is 45.7 Å². The Hall–Kier alpha value is -3.09. The fourth-order valence-corrected chi connectivity index (χ4v) is 12.6. The van der Waals surface area contributed by atoms with Crippen LogP contribution in [0.4, 0.5) is 0 Å². The van der Waals surface area contributed by atoms with Gasteiger partial charge in [0.15, 0.2) is 8.32 Å². The van der Waals surface area contributed by atoms with Gasteiger partial charge in [0, 0.05) is 12.5 Å². The third-order valence-corrected chi connectivity index (χ3v) is 21.6. The van der Waals surface area contributed by atoms with E-state index in [1.807, 2.05) is 60.7 Å². The smallest absolute Gasteiger partial charge is 0.258 e. The summed E-state index contributed by atoms with van der Waals surface area (Å²) in [5.74, 6) is 0.628. The maximum Gasteiger partial charge on any atom is 0.258 e. The van der Waals surface area contributed by atoms with Gasteiger partial charge in [-0.25, -0.2) is 0 Å². The first-order valence-corrected chi connectivity index (χ1v) is 26.6. The number of aliphatic hydroxyl groups excluding tert-OH is 1. The fourth-order valence-electron chi connectivity index (χ4n) is 7.46. The van der Waals surface area contributed by atoms with E-state index in [0.29, 0.717) is 39.1 Å². The maximum atomic E-state index is 13.3. The van der Waals surface area contributed by atoms with Gasteiger partial charge in [0.05, 0.1) is 38.6 Å². The molecule has 326 valence electrons. The highest BCUT2D eigenvalue weighted by Crippen LogP contribution is 2.45. The molecule has 0 fully saturated rings. The van der Waals surface area contributed by atoms with Gasteiger partial charge < -0.3 is 28.5 Å². The molecule has 3 aromatic rings. The number of allylic oxidation sites excluding steroid dienone is 1. The second-order valence-electron chi connectivity index (χ2n) is 18.6. The molecular formula is C51H78O6Si2. The van der Waals surface area contributed by atoms with Crippen LogP contribution in [0.25, 0.3) is 0 Å². The van der Waals surface area contributed by atoms with Crippen molar-refractivity contribution in [3.05, 3.63) is 125 Å². The van der Waals surface area contributed by atoms with E-state index in [1.54, 1.807) is 7.11 Å². The van der Waals surface area contributed by atoms with E-state index in [2.05, 4.69) is 125 Å². The number of ether oxygens (including phenoxy) is 3. The first-order chi connectivity index (χ1) is 27.8. The van der Waals surface area contributed by atoms with Crippen LogP contribution >= 0.6 is 0 Å². The van der Waals surface area contributed by atoms with Crippen LogP contribution in [0.15, 0.2) is 120 Å². The summed E-state index contributed by atoms with van der Waals surface area (Å²) < 4.78 is 25.3. The van der Waals surface area contributed by atoms with Crippen LogP contribution in [0.1, 0.15) is 107 Å². The second kappa shape index (κ2) is 23.2. The summed E-state index contributed by atoms with van der Waals surface area (Å²) in [6.45, 7) is 28.1. The van der Waals surface area contributed by atoms with Crippen LogP contribution in [-0.2, 0) is 20.5 Å². The van der Waals surface area contributed by atoms with Crippen molar-refractivity contribution in [3.63, 3.8) is 0 Å². The molecule has 3 rings (SSSR count). The Morgan fingerprint density at radius 3 is 1.88 bits per heavy atom. The van der Waals surface area contributed by atoms with Crippen molar-refractivity contribution in [1.82, 2.24) is 0 Å². The monoisotopic (exact) mass is 843 g/mol. The summed E-state index contributed by atoms with van der Waals surface area (Å²) in [6.07, 6.45) is 8.87. The molecule has 0 saturated heterocycles. The van der Waals surface area contributed by atoms with Gasteiger partial charge in [-0.2, -0.15) is 0 Å². The summed E-state index contributed by atoms with van der Waals surface area (Å²) in [4.78, 5) is 13.3. The second-order valence-corrected chi connectivity index (χ2v) is 27.3. The first-order valence-electron chi connectivity index (χ1n) is 21.8. The lowest BCUT2D eigenvalue weighted by atomic mass is 9.82. The zero-order chi connectivity index (χ0) is 43.9. The van der Waals surface area contributed by atoms with Crippen molar-refractivity contribution in [2.45, 2.75) is 149 Å². The predicted molar refractivity (Wildman–Crippen MR) is 254 cm³/mol. The molecule has 4 atom stereocenters. The molecule has 3 aromatic carbocycles. The minimum absolute atomic E-state index is 0.0580. The van der Waals surface area contributed by atoms with E-state index in [9.17, 15) is 9.90 Å². The van der Waals surface area contributed by atoms with E-state index in [4.69, 9.17) is 18.6 Å². The van der Waals surface area contributed by atoms with Crippen molar-refractivity contribution in [2.24, 2.45) is 5.92 Å². The van der Waals surface area contributed by atoms with Crippen molar-refractivity contribution in [2.75, 3.05) is 20.3 Å². The number of benzene rings is 3. The topological polar surface area (TPSA) is 77.4 Å². The normalized spacial score (nSPS) is 15.8. The molecule has 2 N–H and O–H groups in total. The lowest BCUT2D eigenvalue weighted by Gasteiger charge is -2.45. The Labute approximate surface area is 361 Å². The summed E-state index contributed by atoms with van der Waals surface area (Å²) >= 11 is 0. The Balaban J connectivity index is 2.07. The summed E-state index contributed by atoms with van der Waals surface area (Å²) in [5.41, 5.74) is 4.49. The van der Waals surface area contributed by atoms with Gasteiger partial charge in [-0.15, -0.1) is 0 Å². The molecule has 0 spiro atoms. The number of hydrogen-bond donors (Lipinski definition) is 2. The van der Waals surface area contributed by atoms with Gasteiger partial charge in [0.25, 0.3) is 8.32 Å². The van der Waals surface area contributed by atoms with Crippen molar-refractivity contribution in [1.29, 1.82) is 0 Å². The molecule has 59 heavy (non-hydrogen) atoms.